The monoisotopic (exact) mass is 315 g/mol. The second-order valence-corrected chi connectivity index (χ2v) is 5.41. The molecule has 1 aromatic carbocycles. The number of halogens is 1. The first kappa shape index (κ1) is 15.2. The Morgan fingerprint density at radius 2 is 1.74 bits per heavy atom. The average Bonchev–Trinajstić information content (AvgIpc) is 2.56. The molecule has 1 aliphatic heterocycles. The first-order valence-corrected chi connectivity index (χ1v) is 7.61. The lowest BCUT2D eigenvalue weighted by Crippen LogP contribution is -2.31. The van der Waals surface area contributed by atoms with Crippen LogP contribution in [-0.2, 0) is 0 Å². The standard InChI is InChI=1S/C16H18FN5O/c17-12-5-4-6-13(9-12)20-16(23)21-14-10-18-15(19-11-14)22-7-2-1-3-8-22/h4-6,9-11H,1-3,7-8H2,(H2,20,21,23). The molecule has 2 heterocycles. The van der Waals surface area contributed by atoms with Crippen molar-refractivity contribution in [1.82, 2.24) is 9.97 Å². The molecule has 0 spiro atoms. The minimum absolute atomic E-state index is 0.383. The summed E-state index contributed by atoms with van der Waals surface area (Å²) in [7, 11) is 0. The summed E-state index contributed by atoms with van der Waals surface area (Å²) < 4.78 is 13.1. The van der Waals surface area contributed by atoms with Crippen molar-refractivity contribution in [2.45, 2.75) is 19.3 Å². The lowest BCUT2D eigenvalue weighted by atomic mass is 10.1. The highest BCUT2D eigenvalue weighted by molar-refractivity contribution is 5.99. The van der Waals surface area contributed by atoms with Gasteiger partial charge in [0.25, 0.3) is 0 Å². The fourth-order valence-electron chi connectivity index (χ4n) is 2.50. The SMILES string of the molecule is O=C(Nc1cnc(N2CCCCC2)nc1)Nc1cccc(F)c1. The maximum atomic E-state index is 13.1. The number of hydrogen-bond acceptors (Lipinski definition) is 4. The largest absolute Gasteiger partial charge is 0.341 e. The first-order chi connectivity index (χ1) is 11.2. The Kier molecular flexibility index (Phi) is 4.65. The van der Waals surface area contributed by atoms with E-state index in [4.69, 9.17) is 0 Å². The maximum Gasteiger partial charge on any atom is 0.323 e. The quantitative estimate of drug-likeness (QED) is 0.912. The molecule has 6 nitrogen and oxygen atoms in total. The number of amides is 2. The second-order valence-electron chi connectivity index (χ2n) is 5.41. The molecule has 3 rings (SSSR count). The third-order valence-electron chi connectivity index (χ3n) is 3.62. The summed E-state index contributed by atoms with van der Waals surface area (Å²) in [4.78, 5) is 22.6. The Morgan fingerprint density at radius 3 is 2.43 bits per heavy atom. The minimum atomic E-state index is -0.468. The number of aromatic nitrogens is 2. The molecule has 1 aliphatic rings. The molecule has 0 atom stereocenters. The number of carbonyl (C=O) groups is 1. The van der Waals surface area contributed by atoms with Gasteiger partial charge in [-0.15, -0.1) is 0 Å². The van der Waals surface area contributed by atoms with Crippen molar-refractivity contribution >= 4 is 23.4 Å². The van der Waals surface area contributed by atoms with Gasteiger partial charge in [-0.05, 0) is 37.5 Å². The number of rotatable bonds is 3. The molecule has 2 aromatic rings. The molecule has 2 N–H and O–H groups in total. The highest BCUT2D eigenvalue weighted by atomic mass is 19.1. The van der Waals surface area contributed by atoms with Gasteiger partial charge in [-0.1, -0.05) is 6.07 Å². The highest BCUT2D eigenvalue weighted by Crippen LogP contribution is 2.16. The van der Waals surface area contributed by atoms with E-state index in [2.05, 4.69) is 25.5 Å². The van der Waals surface area contributed by atoms with Crippen LogP contribution in [0.15, 0.2) is 36.7 Å². The summed E-state index contributed by atoms with van der Waals surface area (Å²) in [6, 6.07) is 5.23. The third-order valence-corrected chi connectivity index (χ3v) is 3.62. The Morgan fingerprint density at radius 1 is 1.04 bits per heavy atom. The summed E-state index contributed by atoms with van der Waals surface area (Å²) in [5.41, 5.74) is 0.869. The van der Waals surface area contributed by atoms with E-state index in [9.17, 15) is 9.18 Å². The van der Waals surface area contributed by atoms with E-state index in [1.807, 2.05) is 0 Å². The zero-order chi connectivity index (χ0) is 16.1. The van der Waals surface area contributed by atoms with Gasteiger partial charge in [-0.2, -0.15) is 0 Å². The fourth-order valence-corrected chi connectivity index (χ4v) is 2.50. The van der Waals surface area contributed by atoms with Gasteiger partial charge in [0.2, 0.25) is 5.95 Å². The van der Waals surface area contributed by atoms with Crippen molar-refractivity contribution in [2.75, 3.05) is 28.6 Å². The topological polar surface area (TPSA) is 70.2 Å². The van der Waals surface area contributed by atoms with Crippen LogP contribution in [0.1, 0.15) is 19.3 Å². The van der Waals surface area contributed by atoms with Crippen molar-refractivity contribution in [3.63, 3.8) is 0 Å². The van der Waals surface area contributed by atoms with E-state index in [0.29, 0.717) is 17.3 Å². The zero-order valence-electron chi connectivity index (χ0n) is 12.6. The Hall–Kier alpha value is -2.70. The Labute approximate surface area is 133 Å². The molecular formula is C16H18FN5O. The summed E-state index contributed by atoms with van der Waals surface area (Å²) in [6.07, 6.45) is 6.69. The van der Waals surface area contributed by atoms with Crippen LogP contribution < -0.4 is 15.5 Å². The van der Waals surface area contributed by atoms with Crippen molar-refractivity contribution in [1.29, 1.82) is 0 Å². The van der Waals surface area contributed by atoms with Crippen LogP contribution in [0.5, 0.6) is 0 Å². The van der Waals surface area contributed by atoms with Crippen LogP contribution in [0.4, 0.5) is 26.5 Å². The molecule has 1 saturated heterocycles. The molecule has 0 aliphatic carbocycles. The predicted octanol–water partition coefficient (Wildman–Crippen LogP) is 3.25. The van der Waals surface area contributed by atoms with Gasteiger partial charge in [-0.25, -0.2) is 19.2 Å². The van der Waals surface area contributed by atoms with E-state index in [-0.39, 0.29) is 0 Å². The molecule has 1 aromatic heterocycles. The number of piperidine rings is 1. The van der Waals surface area contributed by atoms with E-state index in [1.54, 1.807) is 18.5 Å². The normalized spacial score (nSPS) is 14.4. The van der Waals surface area contributed by atoms with Gasteiger partial charge < -0.3 is 15.5 Å². The molecule has 1 fully saturated rings. The fraction of sp³-hybridized carbons (Fsp3) is 0.312. The van der Waals surface area contributed by atoms with E-state index in [1.165, 1.54) is 24.6 Å². The summed E-state index contributed by atoms with van der Waals surface area (Å²) in [6.45, 7) is 1.93. The lowest BCUT2D eigenvalue weighted by molar-refractivity contribution is 0.262. The van der Waals surface area contributed by atoms with E-state index in [0.717, 1.165) is 25.9 Å². The average molecular weight is 315 g/mol. The number of urea groups is 1. The van der Waals surface area contributed by atoms with Gasteiger partial charge in [0.1, 0.15) is 5.82 Å². The van der Waals surface area contributed by atoms with Crippen LogP contribution in [-0.4, -0.2) is 29.1 Å². The molecule has 0 saturated carbocycles. The minimum Gasteiger partial charge on any atom is -0.341 e. The third kappa shape index (κ3) is 4.15. The van der Waals surface area contributed by atoms with Crippen LogP contribution in [0, 0.1) is 5.82 Å². The van der Waals surface area contributed by atoms with Crippen molar-refractivity contribution in [3.8, 4) is 0 Å². The van der Waals surface area contributed by atoms with Gasteiger partial charge in [0.15, 0.2) is 0 Å². The number of hydrogen-bond donors (Lipinski definition) is 2. The molecule has 2 amide bonds. The number of carbonyl (C=O) groups excluding carboxylic acids is 1. The molecule has 0 bridgehead atoms. The summed E-state index contributed by atoms with van der Waals surface area (Å²) in [5, 5.41) is 5.18. The van der Waals surface area contributed by atoms with Crippen LogP contribution in [0.3, 0.4) is 0 Å². The van der Waals surface area contributed by atoms with Crippen LogP contribution in [0.2, 0.25) is 0 Å². The van der Waals surface area contributed by atoms with E-state index >= 15 is 0 Å². The molecule has 23 heavy (non-hydrogen) atoms. The second kappa shape index (κ2) is 7.04. The van der Waals surface area contributed by atoms with Crippen molar-refractivity contribution in [3.05, 3.63) is 42.5 Å². The summed E-state index contributed by atoms with van der Waals surface area (Å²) in [5.74, 6) is 0.276. The molecule has 0 radical (unpaired) electrons. The summed E-state index contributed by atoms with van der Waals surface area (Å²) >= 11 is 0. The Balaban J connectivity index is 1.58. The molecule has 7 heteroatoms. The lowest BCUT2D eigenvalue weighted by Gasteiger charge is -2.26. The van der Waals surface area contributed by atoms with Gasteiger partial charge in [0.05, 0.1) is 18.1 Å². The molecule has 0 unspecified atom stereocenters. The number of nitrogens with one attached hydrogen (secondary N) is 2. The molecule has 120 valence electrons. The predicted molar refractivity (Wildman–Crippen MR) is 87.1 cm³/mol. The molecular weight excluding hydrogens is 297 g/mol. The number of anilines is 3. The van der Waals surface area contributed by atoms with E-state index < -0.39 is 11.8 Å². The van der Waals surface area contributed by atoms with Crippen LogP contribution in [0.25, 0.3) is 0 Å². The number of benzene rings is 1. The maximum absolute atomic E-state index is 13.1. The van der Waals surface area contributed by atoms with Gasteiger partial charge in [-0.3, -0.25) is 0 Å². The van der Waals surface area contributed by atoms with Crippen molar-refractivity contribution in [2.24, 2.45) is 0 Å². The van der Waals surface area contributed by atoms with Gasteiger partial charge in [0, 0.05) is 18.8 Å². The smallest absolute Gasteiger partial charge is 0.323 e. The van der Waals surface area contributed by atoms with Crippen molar-refractivity contribution < 1.29 is 9.18 Å². The van der Waals surface area contributed by atoms with Gasteiger partial charge >= 0.3 is 6.03 Å². The van der Waals surface area contributed by atoms with Crippen LogP contribution >= 0.6 is 0 Å². The Bertz CT molecular complexity index is 670. The number of nitrogens with zero attached hydrogens (tertiary/aromatic N) is 3. The highest BCUT2D eigenvalue weighted by Gasteiger charge is 2.13. The first-order valence-electron chi connectivity index (χ1n) is 7.61. The zero-order valence-corrected chi connectivity index (χ0v) is 12.6.